The molecule has 0 fully saturated rings. The Balaban J connectivity index is 1.70. The van der Waals surface area contributed by atoms with Crippen molar-refractivity contribution in [1.29, 1.82) is 0 Å². The maximum atomic E-state index is 12.4. The number of ether oxygens (including phenoxy) is 1. The molecule has 0 aliphatic rings. The van der Waals surface area contributed by atoms with Crippen molar-refractivity contribution in [3.05, 3.63) is 76.1 Å². The molecule has 1 heterocycles. The van der Waals surface area contributed by atoms with E-state index in [1.807, 2.05) is 57.2 Å². The average Bonchev–Trinajstić information content (AvgIpc) is 2.71. The van der Waals surface area contributed by atoms with Crippen molar-refractivity contribution in [2.24, 2.45) is 0 Å². The number of carbonyl (C=O) groups is 1. The van der Waals surface area contributed by atoms with Gasteiger partial charge in [0.15, 0.2) is 0 Å². The molecule has 0 atom stereocenters. The number of aromatic nitrogens is 2. The van der Waals surface area contributed by atoms with Gasteiger partial charge < -0.3 is 10.1 Å². The first kappa shape index (κ1) is 20.7. The average molecular weight is 410 g/mol. The molecule has 0 radical (unpaired) electrons. The molecule has 0 spiro atoms. The lowest BCUT2D eigenvalue weighted by atomic mass is 10.1. The first-order valence-corrected chi connectivity index (χ1v) is 10.3. The van der Waals surface area contributed by atoms with Crippen LogP contribution in [0.2, 0.25) is 0 Å². The Hall–Kier alpha value is -3.06. The lowest BCUT2D eigenvalue weighted by molar-refractivity contribution is -0.113. The Morgan fingerprint density at radius 2 is 1.90 bits per heavy atom. The summed E-state index contributed by atoms with van der Waals surface area (Å²) in [6.07, 6.45) is 0. The normalized spacial score (nSPS) is 10.6. The van der Waals surface area contributed by atoms with Crippen molar-refractivity contribution >= 4 is 23.4 Å². The van der Waals surface area contributed by atoms with Crippen LogP contribution in [-0.2, 0) is 4.79 Å². The summed E-state index contributed by atoms with van der Waals surface area (Å²) in [5.74, 6) is 0.626. The molecule has 1 aromatic heterocycles. The van der Waals surface area contributed by atoms with Crippen LogP contribution in [0, 0.1) is 13.8 Å². The number of benzene rings is 2. The monoisotopic (exact) mass is 409 g/mol. The maximum Gasteiger partial charge on any atom is 0.271 e. The van der Waals surface area contributed by atoms with E-state index < -0.39 is 0 Å². The Morgan fingerprint density at radius 3 is 2.66 bits per heavy atom. The summed E-state index contributed by atoms with van der Waals surface area (Å²) < 4.78 is 6.88. The molecular weight excluding hydrogens is 386 g/mol. The van der Waals surface area contributed by atoms with E-state index in [1.165, 1.54) is 22.5 Å². The van der Waals surface area contributed by atoms with Crippen LogP contribution in [0.5, 0.6) is 5.75 Å². The lowest BCUT2D eigenvalue weighted by Crippen LogP contribution is -2.21. The van der Waals surface area contributed by atoms with E-state index in [9.17, 15) is 9.59 Å². The molecule has 1 N–H and O–H groups in total. The van der Waals surface area contributed by atoms with Crippen LogP contribution >= 0.6 is 11.8 Å². The van der Waals surface area contributed by atoms with Crippen LogP contribution in [0.25, 0.3) is 5.69 Å². The largest absolute Gasteiger partial charge is 0.492 e. The standard InChI is InChI=1S/C22H23N3O3S/c1-4-28-19-8-6-5-7-18(19)23-20(26)14-29-21-11-12-22(27)25(24-21)17-10-9-15(2)16(3)13-17/h5-13H,4,14H2,1-3H3,(H,23,26). The highest BCUT2D eigenvalue weighted by Crippen LogP contribution is 2.24. The van der Waals surface area contributed by atoms with Crippen molar-refractivity contribution in [2.75, 3.05) is 17.7 Å². The molecule has 0 unspecified atom stereocenters. The number of anilines is 1. The minimum atomic E-state index is -0.215. The van der Waals surface area contributed by atoms with Gasteiger partial charge in [-0.1, -0.05) is 30.0 Å². The van der Waals surface area contributed by atoms with E-state index >= 15 is 0 Å². The van der Waals surface area contributed by atoms with Gasteiger partial charge in [0.25, 0.3) is 5.56 Å². The van der Waals surface area contributed by atoms with Gasteiger partial charge in [0.1, 0.15) is 10.8 Å². The van der Waals surface area contributed by atoms with E-state index in [-0.39, 0.29) is 17.2 Å². The van der Waals surface area contributed by atoms with Gasteiger partial charge in [-0.05, 0) is 62.2 Å². The summed E-state index contributed by atoms with van der Waals surface area (Å²) in [7, 11) is 0. The van der Waals surface area contributed by atoms with E-state index in [1.54, 1.807) is 12.1 Å². The molecule has 3 aromatic rings. The second-order valence-corrected chi connectivity index (χ2v) is 7.45. The summed E-state index contributed by atoms with van der Waals surface area (Å²) in [5, 5.41) is 7.85. The summed E-state index contributed by atoms with van der Waals surface area (Å²) in [5.41, 5.74) is 3.36. The molecule has 3 rings (SSSR count). The van der Waals surface area contributed by atoms with Crippen LogP contribution in [0.15, 0.2) is 64.4 Å². The topological polar surface area (TPSA) is 73.2 Å². The Labute approximate surface area is 173 Å². The quantitative estimate of drug-likeness (QED) is 0.598. The minimum absolute atomic E-state index is 0.165. The first-order chi connectivity index (χ1) is 14.0. The highest BCUT2D eigenvalue weighted by atomic mass is 32.2. The van der Waals surface area contributed by atoms with E-state index in [2.05, 4.69) is 10.4 Å². The van der Waals surface area contributed by atoms with Gasteiger partial charge in [0.2, 0.25) is 5.91 Å². The van der Waals surface area contributed by atoms with E-state index in [0.717, 1.165) is 11.1 Å². The number of hydrogen-bond donors (Lipinski definition) is 1. The van der Waals surface area contributed by atoms with Crippen molar-refractivity contribution in [1.82, 2.24) is 9.78 Å². The van der Waals surface area contributed by atoms with Crippen LogP contribution in [0.1, 0.15) is 18.1 Å². The first-order valence-electron chi connectivity index (χ1n) is 9.30. The molecule has 0 saturated heterocycles. The predicted molar refractivity (Wildman–Crippen MR) is 116 cm³/mol. The number of carbonyl (C=O) groups excluding carboxylic acids is 1. The molecule has 1 amide bonds. The summed E-state index contributed by atoms with van der Waals surface area (Å²) in [4.78, 5) is 24.6. The number of thioether (sulfide) groups is 1. The van der Waals surface area contributed by atoms with Crippen LogP contribution in [0.4, 0.5) is 5.69 Å². The van der Waals surface area contributed by atoms with E-state index in [0.29, 0.717) is 28.8 Å². The SMILES string of the molecule is CCOc1ccccc1NC(=O)CSc1ccc(=O)n(-c2ccc(C)c(C)c2)n1. The number of nitrogens with zero attached hydrogens (tertiary/aromatic N) is 2. The van der Waals surface area contributed by atoms with Crippen LogP contribution in [0.3, 0.4) is 0 Å². The van der Waals surface area contributed by atoms with E-state index in [4.69, 9.17) is 4.74 Å². The number of rotatable bonds is 7. The molecule has 0 aliphatic heterocycles. The summed E-state index contributed by atoms with van der Waals surface area (Å²) in [6.45, 7) is 6.42. The Morgan fingerprint density at radius 1 is 1.10 bits per heavy atom. The van der Waals surface area contributed by atoms with Gasteiger partial charge in [0.05, 0.1) is 23.7 Å². The highest BCUT2D eigenvalue weighted by molar-refractivity contribution is 7.99. The zero-order valence-electron chi connectivity index (χ0n) is 16.6. The third kappa shape index (κ3) is 5.26. The minimum Gasteiger partial charge on any atom is -0.492 e. The van der Waals surface area contributed by atoms with Crippen LogP contribution in [-0.4, -0.2) is 28.0 Å². The molecule has 0 aliphatic carbocycles. The Kier molecular flexibility index (Phi) is 6.72. The zero-order valence-corrected chi connectivity index (χ0v) is 17.5. The number of nitrogens with one attached hydrogen (secondary N) is 1. The fourth-order valence-corrected chi connectivity index (χ4v) is 3.35. The molecule has 7 heteroatoms. The number of aryl methyl sites for hydroxylation is 2. The van der Waals surface area contributed by atoms with Crippen LogP contribution < -0.4 is 15.6 Å². The fourth-order valence-electron chi connectivity index (χ4n) is 2.69. The number of amides is 1. The zero-order chi connectivity index (χ0) is 20.8. The lowest BCUT2D eigenvalue weighted by Gasteiger charge is -2.11. The maximum absolute atomic E-state index is 12.4. The smallest absolute Gasteiger partial charge is 0.271 e. The van der Waals surface area contributed by atoms with Crippen molar-refractivity contribution in [3.63, 3.8) is 0 Å². The molecular formula is C22H23N3O3S. The van der Waals surface area contributed by atoms with Gasteiger partial charge in [-0.2, -0.15) is 9.78 Å². The molecule has 29 heavy (non-hydrogen) atoms. The van der Waals surface area contributed by atoms with Gasteiger partial charge in [0, 0.05) is 6.07 Å². The summed E-state index contributed by atoms with van der Waals surface area (Å²) >= 11 is 1.27. The van der Waals surface area contributed by atoms with Gasteiger partial charge in [-0.3, -0.25) is 9.59 Å². The molecule has 0 bridgehead atoms. The van der Waals surface area contributed by atoms with Gasteiger partial charge in [-0.25, -0.2) is 0 Å². The van der Waals surface area contributed by atoms with Crippen molar-refractivity contribution in [3.8, 4) is 11.4 Å². The Bertz CT molecular complexity index is 1080. The molecule has 2 aromatic carbocycles. The second kappa shape index (κ2) is 9.43. The third-order valence-electron chi connectivity index (χ3n) is 4.32. The molecule has 6 nitrogen and oxygen atoms in total. The van der Waals surface area contributed by atoms with Crippen molar-refractivity contribution < 1.29 is 9.53 Å². The third-order valence-corrected chi connectivity index (χ3v) is 5.24. The highest BCUT2D eigenvalue weighted by Gasteiger charge is 2.10. The predicted octanol–water partition coefficient (Wildman–Crippen LogP) is 3.98. The summed E-state index contributed by atoms with van der Waals surface area (Å²) in [6, 6.07) is 16.2. The fraction of sp³-hybridized carbons (Fsp3) is 0.227. The number of para-hydroxylation sites is 2. The molecule has 150 valence electrons. The van der Waals surface area contributed by atoms with Gasteiger partial charge >= 0.3 is 0 Å². The molecule has 0 saturated carbocycles. The number of hydrogen-bond acceptors (Lipinski definition) is 5. The van der Waals surface area contributed by atoms with Crippen molar-refractivity contribution in [2.45, 2.75) is 25.8 Å². The second-order valence-electron chi connectivity index (χ2n) is 6.46. The van der Waals surface area contributed by atoms with Gasteiger partial charge in [-0.15, -0.1) is 0 Å².